The van der Waals surface area contributed by atoms with Gasteiger partial charge in [-0.05, 0) is 47.1 Å². The van der Waals surface area contributed by atoms with E-state index in [0.29, 0.717) is 5.82 Å². The molecule has 2 aromatic heterocycles. The smallest absolute Gasteiger partial charge is 0.342 e. The fraction of sp³-hybridized carbons (Fsp3) is 0.188. The van der Waals surface area contributed by atoms with Crippen molar-refractivity contribution in [1.29, 1.82) is 0 Å². The van der Waals surface area contributed by atoms with Gasteiger partial charge in [-0.15, -0.1) is 5.10 Å². The van der Waals surface area contributed by atoms with Crippen LogP contribution in [0.15, 0.2) is 45.9 Å². The van der Waals surface area contributed by atoms with Crippen molar-refractivity contribution >= 4 is 37.8 Å². The summed E-state index contributed by atoms with van der Waals surface area (Å²) in [5, 5.41) is 6.75. The number of carbonyl (C=O) groups excluding carboxylic acids is 1. The van der Waals surface area contributed by atoms with Crippen molar-refractivity contribution in [2.75, 3.05) is 0 Å². The van der Waals surface area contributed by atoms with Crippen LogP contribution in [-0.2, 0) is 6.18 Å². The first-order valence-corrected chi connectivity index (χ1v) is 9.32. The highest BCUT2D eigenvalue weighted by Crippen LogP contribution is 2.32. The molecule has 0 aliphatic rings. The Morgan fingerprint density at radius 2 is 1.86 bits per heavy atom. The minimum absolute atomic E-state index is 0.142. The normalized spacial score (nSPS) is 12.6. The van der Waals surface area contributed by atoms with Gasteiger partial charge in [-0.25, -0.2) is 15.0 Å². The molecular formula is C16H11Br2F3N6O. The Balaban J connectivity index is 1.88. The summed E-state index contributed by atoms with van der Waals surface area (Å²) < 4.78 is 40.7. The third-order valence-electron chi connectivity index (χ3n) is 3.57. The quantitative estimate of drug-likeness (QED) is 0.561. The van der Waals surface area contributed by atoms with E-state index < -0.39 is 23.7 Å². The van der Waals surface area contributed by atoms with Gasteiger partial charge in [-0.1, -0.05) is 15.9 Å². The molecular weight excluding hydrogens is 509 g/mol. The van der Waals surface area contributed by atoms with Crippen LogP contribution in [0.5, 0.6) is 0 Å². The van der Waals surface area contributed by atoms with Crippen LogP contribution in [0, 0.1) is 0 Å². The van der Waals surface area contributed by atoms with Gasteiger partial charge in [0, 0.05) is 22.4 Å². The first-order valence-electron chi connectivity index (χ1n) is 7.73. The SMILES string of the molecule is CC(NC(=O)c1cc(Br)cc(C(F)(F)F)c1)c1nc(Br)nn1-c1ncccn1. The molecule has 7 nitrogen and oxygen atoms in total. The summed E-state index contributed by atoms with van der Waals surface area (Å²) in [5.74, 6) is -0.157. The lowest BCUT2D eigenvalue weighted by Gasteiger charge is -2.15. The van der Waals surface area contributed by atoms with Crippen molar-refractivity contribution in [3.63, 3.8) is 0 Å². The average Bonchev–Trinajstić information content (AvgIpc) is 3.03. The van der Waals surface area contributed by atoms with E-state index in [0.717, 1.165) is 12.1 Å². The maximum atomic E-state index is 13.0. The Hall–Kier alpha value is -2.34. The molecule has 0 aliphatic heterocycles. The first-order chi connectivity index (χ1) is 13.1. The fourth-order valence-electron chi connectivity index (χ4n) is 2.35. The molecule has 1 N–H and O–H groups in total. The molecule has 0 spiro atoms. The van der Waals surface area contributed by atoms with E-state index in [9.17, 15) is 18.0 Å². The molecule has 1 atom stereocenters. The molecule has 0 fully saturated rings. The Bertz CT molecular complexity index is 1010. The lowest BCUT2D eigenvalue weighted by atomic mass is 10.1. The summed E-state index contributed by atoms with van der Waals surface area (Å²) in [4.78, 5) is 24.9. The van der Waals surface area contributed by atoms with Gasteiger partial charge >= 0.3 is 6.18 Å². The predicted molar refractivity (Wildman–Crippen MR) is 99.7 cm³/mol. The molecule has 12 heteroatoms. The zero-order chi connectivity index (χ0) is 20.5. The second-order valence-electron chi connectivity index (χ2n) is 5.62. The van der Waals surface area contributed by atoms with Gasteiger partial charge in [0.05, 0.1) is 11.6 Å². The van der Waals surface area contributed by atoms with E-state index in [2.05, 4.69) is 57.2 Å². The van der Waals surface area contributed by atoms with Gasteiger partial charge in [-0.2, -0.15) is 17.9 Å². The molecule has 1 aromatic carbocycles. The van der Waals surface area contributed by atoms with Crippen molar-refractivity contribution in [2.24, 2.45) is 0 Å². The van der Waals surface area contributed by atoms with Crippen LogP contribution in [0.3, 0.4) is 0 Å². The number of nitrogens with zero attached hydrogens (tertiary/aromatic N) is 5. The third-order valence-corrected chi connectivity index (χ3v) is 4.36. The van der Waals surface area contributed by atoms with E-state index in [1.807, 2.05) is 0 Å². The van der Waals surface area contributed by atoms with Crippen LogP contribution in [-0.4, -0.2) is 30.6 Å². The average molecular weight is 520 g/mol. The van der Waals surface area contributed by atoms with Crippen LogP contribution >= 0.6 is 31.9 Å². The summed E-state index contributed by atoms with van der Waals surface area (Å²) in [6.45, 7) is 1.62. The molecule has 2 heterocycles. The molecule has 3 aromatic rings. The molecule has 0 aliphatic carbocycles. The van der Waals surface area contributed by atoms with Crippen molar-refractivity contribution in [3.05, 3.63) is 62.8 Å². The van der Waals surface area contributed by atoms with E-state index >= 15 is 0 Å². The fourth-order valence-corrected chi connectivity index (χ4v) is 3.19. The maximum Gasteiger partial charge on any atom is 0.416 e. The van der Waals surface area contributed by atoms with Gasteiger partial charge in [-0.3, -0.25) is 4.79 Å². The van der Waals surface area contributed by atoms with Crippen molar-refractivity contribution < 1.29 is 18.0 Å². The van der Waals surface area contributed by atoms with Crippen molar-refractivity contribution in [3.8, 4) is 5.95 Å². The Morgan fingerprint density at radius 3 is 2.50 bits per heavy atom. The number of halogens is 5. The standard InChI is InChI=1S/C16H11Br2F3N6O/c1-8(12-25-14(18)26-27(12)15-22-3-2-4-23-15)24-13(28)9-5-10(16(19,20)21)7-11(17)6-9/h2-8H,1H3,(H,24,28). The molecule has 0 saturated carbocycles. The predicted octanol–water partition coefficient (Wildman–Crippen LogP) is 4.09. The molecule has 0 radical (unpaired) electrons. The zero-order valence-corrected chi connectivity index (χ0v) is 17.2. The minimum Gasteiger partial charge on any atom is -0.342 e. The number of carbonyl (C=O) groups is 1. The molecule has 1 unspecified atom stereocenters. The number of aromatic nitrogens is 5. The highest BCUT2D eigenvalue weighted by Gasteiger charge is 2.32. The third kappa shape index (κ3) is 4.55. The molecule has 1 amide bonds. The Kier molecular flexibility index (Phi) is 5.79. The molecule has 28 heavy (non-hydrogen) atoms. The number of nitrogens with one attached hydrogen (secondary N) is 1. The van der Waals surface area contributed by atoms with E-state index in [4.69, 9.17) is 0 Å². The summed E-state index contributed by atoms with van der Waals surface area (Å²) in [6.07, 6.45) is -1.53. The van der Waals surface area contributed by atoms with Crippen LogP contribution in [0.2, 0.25) is 0 Å². The van der Waals surface area contributed by atoms with Crippen LogP contribution < -0.4 is 5.32 Å². The van der Waals surface area contributed by atoms with E-state index in [1.165, 1.54) is 23.1 Å². The van der Waals surface area contributed by atoms with Crippen LogP contribution in [0.25, 0.3) is 5.95 Å². The monoisotopic (exact) mass is 518 g/mol. The Labute approximate surface area is 173 Å². The number of rotatable bonds is 4. The maximum absolute atomic E-state index is 13.0. The molecule has 146 valence electrons. The summed E-state index contributed by atoms with van der Waals surface area (Å²) in [6, 6.07) is 3.93. The number of alkyl halides is 3. The topological polar surface area (TPSA) is 85.6 Å². The van der Waals surface area contributed by atoms with Gasteiger partial charge in [0.2, 0.25) is 4.73 Å². The number of benzene rings is 1. The second-order valence-corrected chi connectivity index (χ2v) is 7.25. The minimum atomic E-state index is -4.57. The zero-order valence-electron chi connectivity index (χ0n) is 14.1. The van der Waals surface area contributed by atoms with Gasteiger partial charge in [0.25, 0.3) is 11.9 Å². The number of amides is 1. The molecule has 3 rings (SSSR count). The van der Waals surface area contributed by atoms with Gasteiger partial charge < -0.3 is 5.32 Å². The van der Waals surface area contributed by atoms with Crippen molar-refractivity contribution in [2.45, 2.75) is 19.1 Å². The van der Waals surface area contributed by atoms with Crippen LogP contribution in [0.4, 0.5) is 13.2 Å². The van der Waals surface area contributed by atoms with E-state index in [-0.39, 0.29) is 20.7 Å². The lowest BCUT2D eigenvalue weighted by Crippen LogP contribution is -2.29. The largest absolute Gasteiger partial charge is 0.416 e. The lowest BCUT2D eigenvalue weighted by molar-refractivity contribution is -0.137. The van der Waals surface area contributed by atoms with Gasteiger partial charge in [0.15, 0.2) is 5.82 Å². The highest BCUT2D eigenvalue weighted by molar-refractivity contribution is 9.10. The molecule has 0 bridgehead atoms. The summed E-state index contributed by atoms with van der Waals surface area (Å²) in [7, 11) is 0. The number of hydrogen-bond acceptors (Lipinski definition) is 5. The highest BCUT2D eigenvalue weighted by atomic mass is 79.9. The van der Waals surface area contributed by atoms with Crippen molar-refractivity contribution in [1.82, 2.24) is 30.0 Å². The van der Waals surface area contributed by atoms with E-state index in [1.54, 1.807) is 13.0 Å². The first kappa shape index (κ1) is 20.4. The summed E-state index contributed by atoms with van der Waals surface area (Å²) >= 11 is 6.16. The number of hydrogen-bond donors (Lipinski definition) is 1. The van der Waals surface area contributed by atoms with Crippen LogP contribution in [0.1, 0.15) is 34.7 Å². The summed E-state index contributed by atoms with van der Waals surface area (Å²) in [5.41, 5.74) is -1.07. The van der Waals surface area contributed by atoms with Gasteiger partial charge in [0.1, 0.15) is 0 Å². The second kappa shape index (κ2) is 7.95. The molecule has 0 saturated heterocycles. The Morgan fingerprint density at radius 1 is 1.18 bits per heavy atom.